The number of hydrogen-bond acceptors (Lipinski definition) is 4. The van der Waals surface area contributed by atoms with Crippen LogP contribution in [0.25, 0.3) is 11.0 Å². The third-order valence-corrected chi connectivity index (χ3v) is 6.67. The minimum atomic E-state index is 0.0122. The molecule has 1 aliphatic rings. The van der Waals surface area contributed by atoms with Crippen LogP contribution >= 0.6 is 0 Å². The van der Waals surface area contributed by atoms with Gasteiger partial charge in [-0.25, -0.2) is 4.98 Å². The van der Waals surface area contributed by atoms with E-state index in [1.807, 2.05) is 72.5 Å². The monoisotopic (exact) mass is 481 g/mol. The fraction of sp³-hybridized carbons (Fsp3) is 0.267. The number of methoxy groups -OCH3 is 1. The highest BCUT2D eigenvalue weighted by Crippen LogP contribution is 2.34. The molecule has 2 heterocycles. The standard InChI is InChI=1S/C30H31N3O3/c1-4-8-22-13-14-27(28(18-22)35-3)36-16-15-32-26-12-6-5-11-25(26)31-30(32)23-19-29(34)33(20-23)24-10-7-9-21(2)17-24/h4-7,9-14,17-18,23H,1,8,15-16,19-20H2,2-3H3. The first-order chi connectivity index (χ1) is 17.6. The highest BCUT2D eigenvalue weighted by Gasteiger charge is 2.34. The van der Waals surface area contributed by atoms with E-state index in [2.05, 4.69) is 23.3 Å². The zero-order valence-corrected chi connectivity index (χ0v) is 20.8. The van der Waals surface area contributed by atoms with Crippen LogP contribution in [-0.4, -0.2) is 35.7 Å². The van der Waals surface area contributed by atoms with Gasteiger partial charge in [-0.3, -0.25) is 4.79 Å². The minimum absolute atomic E-state index is 0.0122. The van der Waals surface area contributed by atoms with Crippen LogP contribution in [0.3, 0.4) is 0 Å². The van der Waals surface area contributed by atoms with E-state index >= 15 is 0 Å². The molecule has 3 aromatic carbocycles. The van der Waals surface area contributed by atoms with Crippen LogP contribution in [0.4, 0.5) is 5.69 Å². The van der Waals surface area contributed by atoms with Gasteiger partial charge in [0.1, 0.15) is 12.4 Å². The summed E-state index contributed by atoms with van der Waals surface area (Å²) in [7, 11) is 1.65. The van der Waals surface area contributed by atoms with E-state index in [9.17, 15) is 4.79 Å². The number of anilines is 1. The van der Waals surface area contributed by atoms with Crippen molar-refractivity contribution in [2.75, 3.05) is 25.2 Å². The number of benzene rings is 3. The first kappa shape index (κ1) is 23.7. The highest BCUT2D eigenvalue weighted by atomic mass is 16.5. The van der Waals surface area contributed by atoms with E-state index in [0.717, 1.165) is 40.1 Å². The molecular weight excluding hydrogens is 450 g/mol. The van der Waals surface area contributed by atoms with Crippen LogP contribution in [0.1, 0.15) is 29.3 Å². The van der Waals surface area contributed by atoms with Crippen molar-refractivity contribution < 1.29 is 14.3 Å². The number of nitrogens with zero attached hydrogens (tertiary/aromatic N) is 3. The molecule has 4 aromatic rings. The molecule has 5 rings (SSSR count). The summed E-state index contributed by atoms with van der Waals surface area (Å²) in [6, 6.07) is 22.2. The van der Waals surface area contributed by atoms with E-state index in [4.69, 9.17) is 14.5 Å². The predicted octanol–water partition coefficient (Wildman–Crippen LogP) is 5.68. The maximum absolute atomic E-state index is 13.0. The third-order valence-electron chi connectivity index (χ3n) is 6.67. The predicted molar refractivity (Wildman–Crippen MR) is 143 cm³/mol. The van der Waals surface area contributed by atoms with Crippen molar-refractivity contribution in [1.82, 2.24) is 9.55 Å². The zero-order valence-electron chi connectivity index (χ0n) is 20.8. The topological polar surface area (TPSA) is 56.6 Å². The number of ether oxygens (including phenoxy) is 2. The highest BCUT2D eigenvalue weighted by molar-refractivity contribution is 5.96. The first-order valence-electron chi connectivity index (χ1n) is 12.3. The van der Waals surface area contributed by atoms with E-state index < -0.39 is 0 Å². The number of aromatic nitrogens is 2. The molecule has 1 atom stereocenters. The van der Waals surface area contributed by atoms with Crippen LogP contribution in [0.15, 0.2) is 79.4 Å². The number of para-hydroxylation sites is 2. The smallest absolute Gasteiger partial charge is 0.227 e. The number of rotatable bonds is 9. The quantitative estimate of drug-likeness (QED) is 0.289. The maximum Gasteiger partial charge on any atom is 0.227 e. The number of carbonyl (C=O) groups excluding carboxylic acids is 1. The summed E-state index contributed by atoms with van der Waals surface area (Å²) in [6.45, 7) is 7.53. The van der Waals surface area contributed by atoms with Crippen molar-refractivity contribution in [2.24, 2.45) is 0 Å². The maximum atomic E-state index is 13.0. The fourth-order valence-electron chi connectivity index (χ4n) is 4.94. The van der Waals surface area contributed by atoms with Gasteiger partial charge in [-0.2, -0.15) is 0 Å². The van der Waals surface area contributed by atoms with Gasteiger partial charge in [-0.1, -0.05) is 36.4 Å². The van der Waals surface area contributed by atoms with Gasteiger partial charge in [-0.05, 0) is 60.9 Å². The van der Waals surface area contributed by atoms with Crippen LogP contribution in [0, 0.1) is 6.92 Å². The normalized spacial score (nSPS) is 15.4. The van der Waals surface area contributed by atoms with E-state index in [1.165, 1.54) is 0 Å². The molecule has 6 heteroatoms. The molecule has 0 aliphatic carbocycles. The number of hydrogen-bond donors (Lipinski definition) is 0. The van der Waals surface area contributed by atoms with Gasteiger partial charge >= 0.3 is 0 Å². The summed E-state index contributed by atoms with van der Waals surface area (Å²) in [4.78, 5) is 19.8. The molecule has 184 valence electrons. The summed E-state index contributed by atoms with van der Waals surface area (Å²) in [6.07, 6.45) is 3.09. The Morgan fingerprint density at radius 2 is 1.94 bits per heavy atom. The molecule has 1 unspecified atom stereocenters. The molecule has 36 heavy (non-hydrogen) atoms. The van der Waals surface area contributed by atoms with Crippen LogP contribution in [0.5, 0.6) is 11.5 Å². The second kappa shape index (κ2) is 10.3. The van der Waals surface area contributed by atoms with Crippen molar-refractivity contribution in [2.45, 2.75) is 32.2 Å². The van der Waals surface area contributed by atoms with E-state index in [1.54, 1.807) is 7.11 Å². The lowest BCUT2D eigenvalue weighted by Crippen LogP contribution is -2.24. The van der Waals surface area contributed by atoms with Crippen molar-refractivity contribution in [3.8, 4) is 11.5 Å². The van der Waals surface area contributed by atoms with Gasteiger partial charge < -0.3 is 18.9 Å². The molecule has 1 fully saturated rings. The molecule has 0 bridgehead atoms. The Balaban J connectivity index is 1.38. The number of carbonyl (C=O) groups is 1. The Morgan fingerprint density at radius 1 is 1.08 bits per heavy atom. The Bertz CT molecular complexity index is 1410. The Hall–Kier alpha value is -4.06. The van der Waals surface area contributed by atoms with Gasteiger partial charge in [0.15, 0.2) is 11.5 Å². The largest absolute Gasteiger partial charge is 0.493 e. The Labute approximate surface area is 211 Å². The summed E-state index contributed by atoms with van der Waals surface area (Å²) in [5.41, 5.74) is 5.19. The summed E-state index contributed by atoms with van der Waals surface area (Å²) < 4.78 is 13.9. The lowest BCUT2D eigenvalue weighted by molar-refractivity contribution is -0.117. The van der Waals surface area contributed by atoms with Gasteiger partial charge in [0, 0.05) is 24.6 Å². The van der Waals surface area contributed by atoms with E-state index in [0.29, 0.717) is 37.6 Å². The molecular formula is C30H31N3O3. The van der Waals surface area contributed by atoms with Crippen molar-refractivity contribution in [1.29, 1.82) is 0 Å². The molecule has 1 aliphatic heterocycles. The SMILES string of the molecule is C=CCc1ccc(OCCn2c(C3CC(=O)N(c4cccc(C)c4)C3)nc3ccccc32)c(OC)c1. The first-order valence-corrected chi connectivity index (χ1v) is 12.3. The van der Waals surface area contributed by atoms with Gasteiger partial charge in [-0.15, -0.1) is 6.58 Å². The Morgan fingerprint density at radius 3 is 2.75 bits per heavy atom. The molecule has 0 N–H and O–H groups in total. The lowest BCUT2D eigenvalue weighted by atomic mass is 10.1. The van der Waals surface area contributed by atoms with Crippen LogP contribution in [0.2, 0.25) is 0 Å². The van der Waals surface area contributed by atoms with Crippen LogP contribution < -0.4 is 14.4 Å². The molecule has 0 saturated carbocycles. The van der Waals surface area contributed by atoms with Crippen molar-refractivity contribution in [3.05, 3.63) is 96.3 Å². The second-order valence-electron chi connectivity index (χ2n) is 9.18. The molecule has 0 radical (unpaired) electrons. The number of imidazole rings is 1. The zero-order chi connectivity index (χ0) is 25.1. The molecule has 1 amide bonds. The number of amides is 1. The van der Waals surface area contributed by atoms with Crippen molar-refractivity contribution in [3.63, 3.8) is 0 Å². The lowest BCUT2D eigenvalue weighted by Gasteiger charge is -2.18. The minimum Gasteiger partial charge on any atom is -0.493 e. The van der Waals surface area contributed by atoms with Gasteiger partial charge in [0.25, 0.3) is 0 Å². The molecule has 1 saturated heterocycles. The second-order valence-corrected chi connectivity index (χ2v) is 9.18. The van der Waals surface area contributed by atoms with Crippen LogP contribution in [-0.2, 0) is 17.8 Å². The summed E-state index contributed by atoms with van der Waals surface area (Å²) in [5, 5.41) is 0. The number of aryl methyl sites for hydroxylation is 1. The van der Waals surface area contributed by atoms with E-state index in [-0.39, 0.29) is 11.8 Å². The average Bonchev–Trinajstić information content (AvgIpc) is 3.45. The summed E-state index contributed by atoms with van der Waals surface area (Å²) >= 11 is 0. The van der Waals surface area contributed by atoms with Gasteiger partial charge in [0.05, 0.1) is 24.7 Å². The molecule has 1 aromatic heterocycles. The average molecular weight is 482 g/mol. The van der Waals surface area contributed by atoms with Crippen molar-refractivity contribution >= 4 is 22.6 Å². The molecule has 0 spiro atoms. The number of allylic oxidation sites excluding steroid dienone is 1. The summed E-state index contributed by atoms with van der Waals surface area (Å²) in [5.74, 6) is 2.48. The number of fused-ring (bicyclic) bond motifs is 1. The van der Waals surface area contributed by atoms with Gasteiger partial charge in [0.2, 0.25) is 5.91 Å². The third kappa shape index (κ3) is 4.71. The fourth-order valence-corrected chi connectivity index (χ4v) is 4.94. The molecule has 6 nitrogen and oxygen atoms in total. The Kier molecular flexibility index (Phi) is 6.76.